The van der Waals surface area contributed by atoms with Gasteiger partial charge < -0.3 is 14.7 Å². The Morgan fingerprint density at radius 3 is 2.72 bits per heavy atom. The van der Waals surface area contributed by atoms with E-state index in [2.05, 4.69) is 4.90 Å². The topological polar surface area (TPSA) is 53.8 Å². The van der Waals surface area contributed by atoms with Crippen LogP contribution in [0.5, 0.6) is 0 Å². The van der Waals surface area contributed by atoms with E-state index in [-0.39, 0.29) is 5.91 Å². The van der Waals surface area contributed by atoms with Gasteiger partial charge in [-0.25, -0.2) is 9.97 Å². The molecule has 3 heterocycles. The summed E-state index contributed by atoms with van der Waals surface area (Å²) in [5.41, 5.74) is 1.49. The van der Waals surface area contributed by atoms with Crippen LogP contribution in [-0.4, -0.2) is 67.6 Å². The van der Waals surface area contributed by atoms with Crippen molar-refractivity contribution in [3.63, 3.8) is 0 Å². The minimum Gasteiger partial charge on any atom is -0.345 e. The third-order valence-electron chi connectivity index (χ3n) is 5.33. The molecule has 2 aromatic rings. The van der Waals surface area contributed by atoms with Crippen molar-refractivity contribution < 1.29 is 9.69 Å². The molecule has 0 unspecified atom stereocenters. The summed E-state index contributed by atoms with van der Waals surface area (Å²) < 4.78 is 0. The van der Waals surface area contributed by atoms with Gasteiger partial charge in [-0.1, -0.05) is 0 Å². The van der Waals surface area contributed by atoms with Gasteiger partial charge in [0.1, 0.15) is 16.5 Å². The first kappa shape index (κ1) is 16.7. The average molecular weight is 361 g/mol. The Balaban J connectivity index is 1.56. The van der Waals surface area contributed by atoms with Crippen LogP contribution < -0.4 is 9.80 Å². The van der Waals surface area contributed by atoms with Crippen molar-refractivity contribution in [2.24, 2.45) is 0 Å². The summed E-state index contributed by atoms with van der Waals surface area (Å²) in [7, 11) is 3.66. The fourth-order valence-electron chi connectivity index (χ4n) is 3.89. The SMILES string of the molecule is Cc1nc(N2CC[NH+](CC(=O)N(C)C)CC2)c2c3c(sc2n1)CCC3. The van der Waals surface area contributed by atoms with Gasteiger partial charge >= 0.3 is 0 Å². The standard InChI is InChI=1S/C18H25N5OS/c1-12-19-17(16-13-5-4-6-14(13)25-18(16)20-12)23-9-7-22(8-10-23)11-15(24)21(2)3/h4-11H2,1-3H3/p+1. The van der Waals surface area contributed by atoms with Crippen LogP contribution in [0.4, 0.5) is 5.82 Å². The fourth-order valence-corrected chi connectivity index (χ4v) is 5.19. The molecule has 25 heavy (non-hydrogen) atoms. The van der Waals surface area contributed by atoms with Crippen LogP contribution >= 0.6 is 11.3 Å². The van der Waals surface area contributed by atoms with Crippen molar-refractivity contribution in [2.45, 2.75) is 26.2 Å². The van der Waals surface area contributed by atoms with Gasteiger partial charge in [0.15, 0.2) is 6.54 Å². The number of amides is 1. The number of quaternary nitrogens is 1. The van der Waals surface area contributed by atoms with Gasteiger partial charge in [0.05, 0.1) is 31.6 Å². The third kappa shape index (κ3) is 3.11. The number of nitrogens with one attached hydrogen (secondary N) is 1. The van der Waals surface area contributed by atoms with Crippen molar-refractivity contribution in [1.82, 2.24) is 14.9 Å². The van der Waals surface area contributed by atoms with Crippen LogP contribution in [0.1, 0.15) is 22.7 Å². The van der Waals surface area contributed by atoms with Crippen LogP contribution in [0.2, 0.25) is 0 Å². The van der Waals surface area contributed by atoms with E-state index in [4.69, 9.17) is 9.97 Å². The number of carbonyl (C=O) groups is 1. The number of fused-ring (bicyclic) bond motifs is 3. The van der Waals surface area contributed by atoms with E-state index in [9.17, 15) is 4.79 Å². The van der Waals surface area contributed by atoms with E-state index < -0.39 is 0 Å². The number of nitrogens with zero attached hydrogens (tertiary/aromatic N) is 4. The number of hydrogen-bond donors (Lipinski definition) is 1. The second kappa shape index (κ2) is 6.53. The lowest BCUT2D eigenvalue weighted by atomic mass is 10.1. The summed E-state index contributed by atoms with van der Waals surface area (Å²) in [5.74, 6) is 2.19. The van der Waals surface area contributed by atoms with Crippen molar-refractivity contribution in [2.75, 3.05) is 51.7 Å². The molecular weight excluding hydrogens is 334 g/mol. The number of aryl methyl sites for hydroxylation is 3. The van der Waals surface area contributed by atoms with E-state index in [0.717, 1.165) is 49.1 Å². The second-order valence-electron chi connectivity index (χ2n) is 7.33. The number of aromatic nitrogens is 2. The van der Waals surface area contributed by atoms with E-state index in [1.54, 1.807) is 4.90 Å². The number of anilines is 1. The maximum absolute atomic E-state index is 11.9. The van der Waals surface area contributed by atoms with Crippen LogP contribution in [0.3, 0.4) is 0 Å². The van der Waals surface area contributed by atoms with Crippen molar-refractivity contribution in [1.29, 1.82) is 0 Å². The van der Waals surface area contributed by atoms with Crippen LogP contribution in [0.15, 0.2) is 0 Å². The first-order valence-electron chi connectivity index (χ1n) is 9.10. The molecule has 0 bridgehead atoms. The van der Waals surface area contributed by atoms with Gasteiger partial charge in [-0.3, -0.25) is 4.79 Å². The molecule has 7 heteroatoms. The van der Waals surface area contributed by atoms with Crippen molar-refractivity contribution in [3.8, 4) is 0 Å². The van der Waals surface area contributed by atoms with E-state index >= 15 is 0 Å². The summed E-state index contributed by atoms with van der Waals surface area (Å²) in [6.45, 7) is 6.45. The smallest absolute Gasteiger partial charge is 0.277 e. The maximum Gasteiger partial charge on any atom is 0.277 e. The van der Waals surface area contributed by atoms with E-state index in [1.165, 1.54) is 33.6 Å². The zero-order chi connectivity index (χ0) is 17.6. The number of piperazine rings is 1. The minimum atomic E-state index is 0.208. The Labute approximate surface area is 152 Å². The zero-order valence-electron chi connectivity index (χ0n) is 15.3. The summed E-state index contributed by atoms with van der Waals surface area (Å²) in [4.78, 5) is 29.6. The number of likely N-dealkylation sites (N-methyl/N-ethyl adjacent to an activating group) is 1. The van der Waals surface area contributed by atoms with Crippen LogP contribution in [-0.2, 0) is 17.6 Å². The normalized spacial score (nSPS) is 18.0. The molecule has 1 aliphatic heterocycles. The number of hydrogen-bond acceptors (Lipinski definition) is 5. The minimum absolute atomic E-state index is 0.208. The molecule has 1 saturated heterocycles. The molecule has 4 rings (SSSR count). The van der Waals surface area contributed by atoms with Gasteiger partial charge in [0, 0.05) is 19.0 Å². The molecule has 0 radical (unpaired) electrons. The highest BCUT2D eigenvalue weighted by molar-refractivity contribution is 7.19. The molecule has 1 N–H and O–H groups in total. The lowest BCUT2D eigenvalue weighted by Crippen LogP contribution is -3.15. The highest BCUT2D eigenvalue weighted by Crippen LogP contribution is 2.40. The predicted molar refractivity (Wildman–Crippen MR) is 101 cm³/mol. The highest BCUT2D eigenvalue weighted by Gasteiger charge is 2.28. The summed E-state index contributed by atoms with van der Waals surface area (Å²) >= 11 is 1.86. The Morgan fingerprint density at radius 1 is 1.24 bits per heavy atom. The number of carbonyl (C=O) groups excluding carboxylic acids is 1. The molecule has 1 fully saturated rings. The third-order valence-corrected chi connectivity index (χ3v) is 6.51. The molecule has 134 valence electrons. The lowest BCUT2D eigenvalue weighted by Gasteiger charge is -2.33. The van der Waals surface area contributed by atoms with Crippen LogP contribution in [0, 0.1) is 6.92 Å². The highest BCUT2D eigenvalue weighted by atomic mass is 32.1. The summed E-state index contributed by atoms with van der Waals surface area (Å²) in [5, 5.41) is 1.30. The average Bonchev–Trinajstić information content (AvgIpc) is 3.15. The molecular formula is C18H26N5OS+. The van der Waals surface area contributed by atoms with E-state index in [1.807, 2.05) is 32.4 Å². The largest absolute Gasteiger partial charge is 0.345 e. The predicted octanol–water partition coefficient (Wildman–Crippen LogP) is 0.282. The van der Waals surface area contributed by atoms with Crippen LogP contribution in [0.25, 0.3) is 10.2 Å². The van der Waals surface area contributed by atoms with Gasteiger partial charge in [-0.05, 0) is 31.7 Å². The molecule has 0 aromatic carbocycles. The van der Waals surface area contributed by atoms with Crippen molar-refractivity contribution in [3.05, 3.63) is 16.3 Å². The molecule has 6 nitrogen and oxygen atoms in total. The molecule has 0 atom stereocenters. The Hall–Kier alpha value is -1.73. The van der Waals surface area contributed by atoms with E-state index in [0.29, 0.717) is 6.54 Å². The van der Waals surface area contributed by atoms with Gasteiger partial charge in [-0.2, -0.15) is 0 Å². The van der Waals surface area contributed by atoms with Crippen molar-refractivity contribution >= 4 is 33.3 Å². The second-order valence-corrected chi connectivity index (χ2v) is 8.42. The Kier molecular flexibility index (Phi) is 4.37. The zero-order valence-corrected chi connectivity index (χ0v) is 16.1. The fraction of sp³-hybridized carbons (Fsp3) is 0.611. The van der Waals surface area contributed by atoms with Gasteiger partial charge in [-0.15, -0.1) is 11.3 Å². The van der Waals surface area contributed by atoms with Gasteiger partial charge in [0.2, 0.25) is 0 Å². The monoisotopic (exact) mass is 360 g/mol. The van der Waals surface area contributed by atoms with Gasteiger partial charge in [0.25, 0.3) is 5.91 Å². The Morgan fingerprint density at radius 2 is 2.00 bits per heavy atom. The Bertz CT molecular complexity index is 807. The molecule has 0 saturated carbocycles. The molecule has 0 spiro atoms. The molecule has 1 aliphatic carbocycles. The summed E-state index contributed by atoms with van der Waals surface area (Å²) in [6.07, 6.45) is 3.62. The lowest BCUT2D eigenvalue weighted by molar-refractivity contribution is -0.892. The number of thiophene rings is 1. The first-order valence-corrected chi connectivity index (χ1v) is 9.92. The molecule has 1 amide bonds. The maximum atomic E-state index is 11.9. The summed E-state index contributed by atoms with van der Waals surface area (Å²) in [6, 6.07) is 0. The molecule has 2 aliphatic rings. The number of rotatable bonds is 3. The quantitative estimate of drug-likeness (QED) is 0.854. The molecule has 2 aromatic heterocycles. The first-order chi connectivity index (χ1) is 12.0.